The van der Waals surface area contributed by atoms with Crippen molar-refractivity contribution in [1.82, 2.24) is 15.1 Å². The van der Waals surface area contributed by atoms with E-state index in [9.17, 15) is 9.59 Å². The molecule has 1 unspecified atom stereocenters. The fourth-order valence-corrected chi connectivity index (χ4v) is 5.04. The summed E-state index contributed by atoms with van der Waals surface area (Å²) in [6.45, 7) is 5.55. The number of nitrogens with one attached hydrogen (secondary N) is 1. The third kappa shape index (κ3) is 4.47. The lowest BCUT2D eigenvalue weighted by atomic mass is 9.77. The highest BCUT2D eigenvalue weighted by atomic mass is 16.5. The zero-order valence-corrected chi connectivity index (χ0v) is 17.9. The van der Waals surface area contributed by atoms with E-state index in [-0.39, 0.29) is 17.9 Å². The van der Waals surface area contributed by atoms with Crippen molar-refractivity contribution in [2.24, 2.45) is 0 Å². The summed E-state index contributed by atoms with van der Waals surface area (Å²) in [6.07, 6.45) is 4.16. The predicted octanol–water partition coefficient (Wildman–Crippen LogP) is 1.56. The van der Waals surface area contributed by atoms with Crippen LogP contribution in [0.25, 0.3) is 0 Å². The van der Waals surface area contributed by atoms with Gasteiger partial charge >= 0.3 is 0 Å². The molecule has 1 atom stereocenters. The SMILES string of the molecule is COc1cccc(C2(C(=O)NC3CC(=O)N(CCN4CCOCC4)C3)CCCC2)c1. The number of carbonyl (C=O) groups is 2. The molecule has 2 aliphatic heterocycles. The molecule has 7 nitrogen and oxygen atoms in total. The number of ether oxygens (including phenoxy) is 2. The summed E-state index contributed by atoms with van der Waals surface area (Å²) in [6, 6.07) is 7.76. The van der Waals surface area contributed by atoms with Gasteiger partial charge in [0.15, 0.2) is 0 Å². The molecule has 0 aromatic heterocycles. The Morgan fingerprint density at radius 2 is 2.00 bits per heavy atom. The molecule has 1 saturated carbocycles. The normalized spacial score (nSPS) is 24.2. The average molecular weight is 416 g/mol. The molecule has 1 aromatic carbocycles. The molecule has 3 aliphatic rings. The Morgan fingerprint density at radius 3 is 2.73 bits per heavy atom. The zero-order chi connectivity index (χ0) is 21.0. The van der Waals surface area contributed by atoms with Crippen molar-refractivity contribution >= 4 is 11.8 Å². The fourth-order valence-electron chi connectivity index (χ4n) is 5.04. The number of nitrogens with zero attached hydrogens (tertiary/aromatic N) is 2. The quantitative estimate of drug-likeness (QED) is 0.732. The van der Waals surface area contributed by atoms with Crippen LogP contribution in [0.2, 0.25) is 0 Å². The third-order valence-corrected chi connectivity index (χ3v) is 6.85. The Kier molecular flexibility index (Phi) is 6.58. The number of amides is 2. The standard InChI is InChI=1S/C23H33N3O4/c1-29-20-6-4-5-18(15-20)23(7-2-3-8-23)22(28)24-19-16-21(27)26(17-19)10-9-25-11-13-30-14-12-25/h4-6,15,19H,2-3,7-14,16-17H2,1H3,(H,24,28). The highest BCUT2D eigenvalue weighted by Gasteiger charge is 2.44. The number of hydrogen-bond acceptors (Lipinski definition) is 5. The van der Waals surface area contributed by atoms with Crippen molar-refractivity contribution in [2.45, 2.75) is 43.6 Å². The van der Waals surface area contributed by atoms with Crippen LogP contribution in [0, 0.1) is 0 Å². The summed E-state index contributed by atoms with van der Waals surface area (Å²) in [4.78, 5) is 30.2. The van der Waals surface area contributed by atoms with Gasteiger partial charge in [-0.05, 0) is 30.5 Å². The van der Waals surface area contributed by atoms with Crippen LogP contribution >= 0.6 is 0 Å². The van der Waals surface area contributed by atoms with Crippen LogP contribution in [0.15, 0.2) is 24.3 Å². The molecule has 2 saturated heterocycles. The first-order valence-electron chi connectivity index (χ1n) is 11.1. The Balaban J connectivity index is 1.37. The van der Waals surface area contributed by atoms with E-state index in [1.807, 2.05) is 29.2 Å². The van der Waals surface area contributed by atoms with Gasteiger partial charge in [0.25, 0.3) is 0 Å². The second kappa shape index (κ2) is 9.35. The van der Waals surface area contributed by atoms with E-state index < -0.39 is 5.41 Å². The molecular formula is C23H33N3O4. The second-order valence-corrected chi connectivity index (χ2v) is 8.69. The van der Waals surface area contributed by atoms with Gasteiger partial charge in [0.1, 0.15) is 5.75 Å². The van der Waals surface area contributed by atoms with Gasteiger partial charge in [-0.15, -0.1) is 0 Å². The molecule has 1 N–H and O–H groups in total. The van der Waals surface area contributed by atoms with E-state index in [0.29, 0.717) is 19.5 Å². The van der Waals surface area contributed by atoms with E-state index in [2.05, 4.69) is 10.2 Å². The molecular weight excluding hydrogens is 382 g/mol. The topological polar surface area (TPSA) is 71.1 Å². The molecule has 0 radical (unpaired) electrons. The van der Waals surface area contributed by atoms with E-state index >= 15 is 0 Å². The van der Waals surface area contributed by atoms with Crippen LogP contribution in [0.3, 0.4) is 0 Å². The zero-order valence-electron chi connectivity index (χ0n) is 17.9. The summed E-state index contributed by atoms with van der Waals surface area (Å²) in [5.41, 5.74) is 0.504. The second-order valence-electron chi connectivity index (χ2n) is 8.69. The lowest BCUT2D eigenvalue weighted by Gasteiger charge is -2.30. The van der Waals surface area contributed by atoms with Crippen molar-refractivity contribution in [3.05, 3.63) is 29.8 Å². The number of morpholine rings is 1. The molecule has 2 amide bonds. The highest BCUT2D eigenvalue weighted by Crippen LogP contribution is 2.42. The Bertz CT molecular complexity index is 757. The summed E-state index contributed by atoms with van der Waals surface area (Å²) in [5, 5.41) is 3.22. The number of benzene rings is 1. The molecule has 2 heterocycles. The first-order valence-corrected chi connectivity index (χ1v) is 11.1. The lowest BCUT2D eigenvalue weighted by molar-refractivity contribution is -0.128. The largest absolute Gasteiger partial charge is 0.497 e. The van der Waals surface area contributed by atoms with Crippen LogP contribution in [0.1, 0.15) is 37.7 Å². The number of hydrogen-bond donors (Lipinski definition) is 1. The molecule has 1 aromatic rings. The average Bonchev–Trinajstić information content (AvgIpc) is 3.41. The molecule has 0 bridgehead atoms. The van der Waals surface area contributed by atoms with Crippen LogP contribution in [-0.2, 0) is 19.7 Å². The molecule has 3 fully saturated rings. The van der Waals surface area contributed by atoms with E-state index in [4.69, 9.17) is 9.47 Å². The molecule has 164 valence electrons. The highest BCUT2D eigenvalue weighted by molar-refractivity contribution is 5.90. The minimum Gasteiger partial charge on any atom is -0.497 e. The van der Waals surface area contributed by atoms with Crippen molar-refractivity contribution in [2.75, 3.05) is 53.0 Å². The van der Waals surface area contributed by atoms with E-state index in [1.165, 1.54) is 0 Å². The van der Waals surface area contributed by atoms with Crippen molar-refractivity contribution in [1.29, 1.82) is 0 Å². The lowest BCUT2D eigenvalue weighted by Crippen LogP contribution is -2.48. The third-order valence-electron chi connectivity index (χ3n) is 6.85. The number of carbonyl (C=O) groups excluding carboxylic acids is 2. The molecule has 30 heavy (non-hydrogen) atoms. The fraction of sp³-hybridized carbons (Fsp3) is 0.652. The van der Waals surface area contributed by atoms with Crippen LogP contribution in [-0.4, -0.2) is 80.7 Å². The van der Waals surface area contributed by atoms with Crippen molar-refractivity contribution < 1.29 is 19.1 Å². The van der Waals surface area contributed by atoms with Crippen LogP contribution in [0.4, 0.5) is 0 Å². The maximum atomic E-state index is 13.4. The maximum Gasteiger partial charge on any atom is 0.230 e. The van der Waals surface area contributed by atoms with Crippen molar-refractivity contribution in [3.63, 3.8) is 0 Å². The monoisotopic (exact) mass is 415 g/mol. The molecule has 1 aliphatic carbocycles. The Hall–Kier alpha value is -2.12. The van der Waals surface area contributed by atoms with Gasteiger partial charge < -0.3 is 19.7 Å². The summed E-state index contributed by atoms with van der Waals surface area (Å²) in [7, 11) is 1.65. The molecule has 0 spiro atoms. The van der Waals surface area contributed by atoms with Gasteiger partial charge in [-0.25, -0.2) is 0 Å². The number of likely N-dealkylation sites (tertiary alicyclic amines) is 1. The first-order chi connectivity index (χ1) is 14.6. The summed E-state index contributed by atoms with van der Waals surface area (Å²) >= 11 is 0. The minimum atomic E-state index is -0.515. The maximum absolute atomic E-state index is 13.4. The predicted molar refractivity (Wildman–Crippen MR) is 114 cm³/mol. The van der Waals surface area contributed by atoms with Crippen molar-refractivity contribution in [3.8, 4) is 5.75 Å². The number of rotatable bonds is 7. The van der Waals surface area contributed by atoms with Gasteiger partial charge in [-0.2, -0.15) is 0 Å². The summed E-state index contributed by atoms with van der Waals surface area (Å²) in [5.74, 6) is 0.966. The Morgan fingerprint density at radius 1 is 1.23 bits per heavy atom. The minimum absolute atomic E-state index is 0.0566. The number of methoxy groups -OCH3 is 1. The van der Waals surface area contributed by atoms with Crippen LogP contribution in [0.5, 0.6) is 5.75 Å². The first kappa shape index (κ1) is 21.1. The van der Waals surface area contributed by atoms with Gasteiger partial charge in [0.2, 0.25) is 11.8 Å². The van der Waals surface area contributed by atoms with Gasteiger partial charge in [-0.3, -0.25) is 14.5 Å². The smallest absolute Gasteiger partial charge is 0.230 e. The van der Waals surface area contributed by atoms with Gasteiger partial charge in [-0.1, -0.05) is 25.0 Å². The summed E-state index contributed by atoms with van der Waals surface area (Å²) < 4.78 is 10.8. The molecule has 4 rings (SSSR count). The van der Waals surface area contributed by atoms with Gasteiger partial charge in [0, 0.05) is 39.1 Å². The van der Waals surface area contributed by atoms with Crippen LogP contribution < -0.4 is 10.1 Å². The molecule has 7 heteroatoms. The van der Waals surface area contributed by atoms with Gasteiger partial charge in [0.05, 0.1) is 31.8 Å². The Labute approximate surface area is 178 Å². The van der Waals surface area contributed by atoms with E-state index in [1.54, 1.807) is 7.11 Å². The van der Waals surface area contributed by atoms with E-state index in [0.717, 1.165) is 69.8 Å².